The lowest BCUT2D eigenvalue weighted by Crippen LogP contribution is -2.55. The number of hydrogen-bond acceptors (Lipinski definition) is 4. The highest BCUT2D eigenvalue weighted by molar-refractivity contribution is 7.92. The van der Waals surface area contributed by atoms with Gasteiger partial charge in [-0.2, -0.15) is 0 Å². The minimum Gasteiger partial charge on any atom is -0.350 e. The van der Waals surface area contributed by atoms with Crippen LogP contribution in [0, 0.1) is 20.8 Å². The van der Waals surface area contributed by atoms with Gasteiger partial charge >= 0.3 is 0 Å². The van der Waals surface area contributed by atoms with Crippen LogP contribution in [-0.2, 0) is 26.0 Å². The molecule has 0 unspecified atom stereocenters. The molecular weight excluding hydrogens is 522 g/mol. The number of rotatable bonds is 10. The molecule has 0 aliphatic carbocycles. The Labute approximate surface area is 239 Å². The van der Waals surface area contributed by atoms with E-state index >= 15 is 0 Å². The van der Waals surface area contributed by atoms with Gasteiger partial charge in [0.15, 0.2) is 0 Å². The van der Waals surface area contributed by atoms with Gasteiger partial charge in [0.1, 0.15) is 12.6 Å². The van der Waals surface area contributed by atoms with Crippen molar-refractivity contribution in [1.29, 1.82) is 0 Å². The van der Waals surface area contributed by atoms with Crippen molar-refractivity contribution in [3.63, 3.8) is 0 Å². The first kappa shape index (κ1) is 30.9. The maximum absolute atomic E-state index is 14.0. The van der Waals surface area contributed by atoms with Gasteiger partial charge in [0.05, 0.1) is 10.6 Å². The van der Waals surface area contributed by atoms with Crippen molar-refractivity contribution < 1.29 is 18.0 Å². The topological polar surface area (TPSA) is 86.8 Å². The largest absolute Gasteiger partial charge is 0.350 e. The predicted octanol–water partition coefficient (Wildman–Crippen LogP) is 5.18. The van der Waals surface area contributed by atoms with Gasteiger partial charge < -0.3 is 10.2 Å². The van der Waals surface area contributed by atoms with E-state index in [1.54, 1.807) is 43.3 Å². The van der Waals surface area contributed by atoms with E-state index < -0.39 is 34.1 Å². The van der Waals surface area contributed by atoms with Gasteiger partial charge in [-0.3, -0.25) is 13.9 Å². The van der Waals surface area contributed by atoms with Crippen LogP contribution < -0.4 is 9.62 Å². The third-order valence-corrected chi connectivity index (χ3v) is 8.60. The molecule has 0 spiro atoms. The second kappa shape index (κ2) is 12.7. The lowest BCUT2D eigenvalue weighted by atomic mass is 10.1. The zero-order valence-corrected chi connectivity index (χ0v) is 25.4. The Morgan fingerprint density at radius 2 is 1.50 bits per heavy atom. The van der Waals surface area contributed by atoms with Crippen LogP contribution in [0.1, 0.15) is 49.9 Å². The van der Waals surface area contributed by atoms with Crippen molar-refractivity contribution in [1.82, 2.24) is 10.2 Å². The van der Waals surface area contributed by atoms with E-state index in [0.717, 1.165) is 26.6 Å². The van der Waals surface area contributed by atoms with Crippen molar-refractivity contribution in [3.8, 4) is 0 Å². The molecule has 0 saturated heterocycles. The molecule has 0 aliphatic heterocycles. The number of carbonyl (C=O) groups is 2. The molecule has 1 atom stereocenters. The molecule has 0 bridgehead atoms. The molecule has 214 valence electrons. The van der Waals surface area contributed by atoms with E-state index in [1.165, 1.54) is 4.90 Å². The van der Waals surface area contributed by atoms with E-state index in [2.05, 4.69) is 5.32 Å². The molecule has 2 amide bonds. The fourth-order valence-corrected chi connectivity index (χ4v) is 5.70. The predicted molar refractivity (Wildman–Crippen MR) is 161 cm³/mol. The molecule has 0 aromatic heterocycles. The Hall–Kier alpha value is -3.65. The molecular formula is C32H41N3O4S. The number of amides is 2. The Balaban J connectivity index is 2.01. The molecule has 3 aromatic rings. The van der Waals surface area contributed by atoms with Crippen LogP contribution >= 0.6 is 0 Å². The summed E-state index contributed by atoms with van der Waals surface area (Å²) in [4.78, 5) is 28.7. The second-order valence-corrected chi connectivity index (χ2v) is 13.2. The maximum atomic E-state index is 14.0. The molecule has 3 aromatic carbocycles. The molecule has 0 saturated carbocycles. The van der Waals surface area contributed by atoms with Gasteiger partial charge in [-0.25, -0.2) is 8.42 Å². The molecule has 1 N–H and O–H groups in total. The van der Waals surface area contributed by atoms with Crippen LogP contribution in [0.25, 0.3) is 0 Å². The Kier molecular flexibility index (Phi) is 9.79. The first-order valence-corrected chi connectivity index (χ1v) is 14.9. The number of benzene rings is 3. The Morgan fingerprint density at radius 1 is 0.875 bits per heavy atom. The number of carbonyl (C=O) groups excluding carboxylic acids is 2. The van der Waals surface area contributed by atoms with Gasteiger partial charge in [-0.1, -0.05) is 54.1 Å². The highest BCUT2D eigenvalue weighted by Crippen LogP contribution is 2.26. The van der Waals surface area contributed by atoms with Crippen LogP contribution in [-0.4, -0.2) is 49.8 Å². The van der Waals surface area contributed by atoms with Gasteiger partial charge in [-0.05, 0) is 95.8 Å². The highest BCUT2D eigenvalue weighted by Gasteiger charge is 2.33. The van der Waals surface area contributed by atoms with Gasteiger partial charge in [-0.15, -0.1) is 0 Å². The lowest BCUT2D eigenvalue weighted by Gasteiger charge is -2.33. The first-order chi connectivity index (χ1) is 18.7. The zero-order chi connectivity index (χ0) is 29.7. The van der Waals surface area contributed by atoms with Crippen LogP contribution in [0.2, 0.25) is 0 Å². The number of sulfonamides is 1. The van der Waals surface area contributed by atoms with Gasteiger partial charge in [0.2, 0.25) is 11.8 Å². The average Bonchev–Trinajstić information content (AvgIpc) is 2.88. The SMILES string of the molecule is Cc1ccc(S(=O)(=O)N(CC(=O)N(CCc2ccccc2)[C@H](C)C(=O)NC(C)(C)C)c2ccc(C)c(C)c2)cc1. The van der Waals surface area contributed by atoms with Crippen LogP contribution in [0.3, 0.4) is 0 Å². The maximum Gasteiger partial charge on any atom is 0.264 e. The van der Waals surface area contributed by atoms with Crippen molar-refractivity contribution in [2.75, 3.05) is 17.4 Å². The first-order valence-electron chi connectivity index (χ1n) is 13.5. The summed E-state index contributed by atoms with van der Waals surface area (Å²) >= 11 is 0. The normalized spacial score (nSPS) is 12.5. The van der Waals surface area contributed by atoms with Crippen LogP contribution in [0.15, 0.2) is 77.7 Å². The summed E-state index contributed by atoms with van der Waals surface area (Å²) in [5.74, 6) is -0.755. The van der Waals surface area contributed by atoms with E-state index in [1.807, 2.05) is 77.9 Å². The summed E-state index contributed by atoms with van der Waals surface area (Å²) < 4.78 is 29.0. The van der Waals surface area contributed by atoms with Gasteiger partial charge in [0.25, 0.3) is 10.0 Å². The highest BCUT2D eigenvalue weighted by atomic mass is 32.2. The standard InChI is InChI=1S/C32H41N3O4S/c1-23-13-17-29(18-14-23)40(38,39)35(28-16-15-24(2)25(3)21-28)22-30(36)34(20-19-27-11-9-8-10-12-27)26(4)31(37)33-32(5,6)7/h8-18,21,26H,19-20,22H2,1-7H3,(H,33,37)/t26-/m1/s1. The van der Waals surface area contributed by atoms with Crippen LogP contribution in [0.4, 0.5) is 5.69 Å². The molecule has 0 radical (unpaired) electrons. The minimum absolute atomic E-state index is 0.0958. The van der Waals surface area contributed by atoms with E-state index in [0.29, 0.717) is 12.1 Å². The Morgan fingerprint density at radius 3 is 2.08 bits per heavy atom. The van der Waals surface area contributed by atoms with Crippen molar-refractivity contribution in [3.05, 3.63) is 95.1 Å². The van der Waals surface area contributed by atoms with Crippen molar-refractivity contribution in [2.45, 2.75) is 71.4 Å². The third kappa shape index (κ3) is 7.94. The number of nitrogens with one attached hydrogen (secondary N) is 1. The summed E-state index contributed by atoms with van der Waals surface area (Å²) in [5, 5.41) is 2.95. The monoisotopic (exact) mass is 563 g/mol. The minimum atomic E-state index is -4.09. The summed E-state index contributed by atoms with van der Waals surface area (Å²) in [6.45, 7) is 12.9. The number of nitrogens with zero attached hydrogens (tertiary/aromatic N) is 2. The lowest BCUT2D eigenvalue weighted by molar-refractivity contribution is -0.139. The quantitative estimate of drug-likeness (QED) is 0.368. The van der Waals surface area contributed by atoms with Gasteiger partial charge in [0, 0.05) is 12.1 Å². The zero-order valence-electron chi connectivity index (χ0n) is 24.6. The molecule has 0 heterocycles. The van der Waals surface area contributed by atoms with E-state index in [-0.39, 0.29) is 17.3 Å². The average molecular weight is 564 g/mol. The summed E-state index contributed by atoms with van der Waals surface area (Å²) in [6.07, 6.45) is 0.522. The number of aryl methyl sites for hydroxylation is 3. The summed E-state index contributed by atoms with van der Waals surface area (Å²) in [5.41, 5.74) is 3.78. The molecule has 0 aliphatic rings. The molecule has 40 heavy (non-hydrogen) atoms. The summed E-state index contributed by atoms with van der Waals surface area (Å²) in [7, 11) is -4.09. The smallest absolute Gasteiger partial charge is 0.264 e. The van der Waals surface area contributed by atoms with Crippen molar-refractivity contribution in [2.24, 2.45) is 0 Å². The van der Waals surface area contributed by atoms with Crippen LogP contribution in [0.5, 0.6) is 0 Å². The van der Waals surface area contributed by atoms with E-state index in [4.69, 9.17) is 0 Å². The fourth-order valence-electron chi connectivity index (χ4n) is 4.29. The second-order valence-electron chi connectivity index (χ2n) is 11.3. The third-order valence-electron chi connectivity index (χ3n) is 6.82. The number of anilines is 1. The van der Waals surface area contributed by atoms with E-state index in [9.17, 15) is 18.0 Å². The molecule has 7 nitrogen and oxygen atoms in total. The Bertz CT molecular complexity index is 1430. The fraction of sp³-hybridized carbons (Fsp3) is 0.375. The molecule has 0 fully saturated rings. The van der Waals surface area contributed by atoms with Crippen molar-refractivity contribution >= 4 is 27.5 Å². The molecule has 3 rings (SSSR count). The molecule has 8 heteroatoms. The summed E-state index contributed by atoms with van der Waals surface area (Å²) in [6, 6.07) is 20.8. The number of hydrogen-bond donors (Lipinski definition) is 1.